The Bertz CT molecular complexity index is 1300. The van der Waals surface area contributed by atoms with E-state index in [4.69, 9.17) is 4.52 Å². The zero-order valence-corrected chi connectivity index (χ0v) is 16.2. The molecule has 178 valence electrons. The predicted molar refractivity (Wildman–Crippen MR) is 105 cm³/mol. The summed E-state index contributed by atoms with van der Waals surface area (Å²) in [6.45, 7) is 0. The lowest BCUT2D eigenvalue weighted by Crippen LogP contribution is -2.03. The van der Waals surface area contributed by atoms with Crippen LogP contribution in [-0.4, -0.2) is 39.9 Å². The first-order valence-electron chi connectivity index (χ1n) is 8.40. The van der Waals surface area contributed by atoms with Crippen LogP contribution in [-0.2, 0) is 0 Å². The lowest BCUT2D eigenvalue weighted by Gasteiger charge is -2.05. The van der Waals surface area contributed by atoms with Gasteiger partial charge in [-0.15, -0.1) is 5.10 Å². The summed E-state index contributed by atoms with van der Waals surface area (Å²) in [5, 5.41) is 74.7. The van der Waals surface area contributed by atoms with E-state index in [0.717, 1.165) is 0 Å². The molecule has 1 aromatic heterocycles. The van der Waals surface area contributed by atoms with Gasteiger partial charge in [-0.1, -0.05) is 0 Å². The molecule has 35 heavy (non-hydrogen) atoms. The fraction of sp³-hybridized carbons (Fsp3) is 0. The second kappa shape index (κ2) is 8.49. The van der Waals surface area contributed by atoms with Crippen LogP contribution in [0.4, 0.5) is 34.1 Å². The Morgan fingerprint density at radius 2 is 0.886 bits per heavy atom. The highest BCUT2D eigenvalue weighted by molar-refractivity contribution is 5.93. The molecule has 0 bridgehead atoms. The zero-order valence-electron chi connectivity index (χ0n) is 16.2. The van der Waals surface area contributed by atoms with Crippen molar-refractivity contribution in [1.29, 1.82) is 0 Å². The molecule has 0 aliphatic heterocycles. The van der Waals surface area contributed by atoms with Crippen LogP contribution in [0.2, 0.25) is 0 Å². The Kier molecular flexibility index (Phi) is 5.73. The largest absolute Gasteiger partial charge is 0.336 e. The van der Waals surface area contributed by atoms with Gasteiger partial charge in [-0.25, -0.2) is 0 Å². The summed E-state index contributed by atoms with van der Waals surface area (Å²) in [7, 11) is 0. The maximum absolute atomic E-state index is 11.6. The number of benzene rings is 2. The van der Waals surface area contributed by atoms with E-state index in [9.17, 15) is 60.7 Å². The van der Waals surface area contributed by atoms with E-state index in [-0.39, 0.29) is 0 Å². The van der Waals surface area contributed by atoms with Gasteiger partial charge in [0.15, 0.2) is 16.8 Å². The first-order chi connectivity index (χ1) is 16.3. The van der Waals surface area contributed by atoms with Gasteiger partial charge in [-0.2, -0.15) is 0 Å². The van der Waals surface area contributed by atoms with Crippen LogP contribution in [0.25, 0.3) is 22.6 Å². The summed E-state index contributed by atoms with van der Waals surface area (Å²) in [6, 6.07) is 1.26. The number of hydrogen-bond acceptors (Lipinski definition) is 15. The van der Waals surface area contributed by atoms with Crippen LogP contribution >= 0.6 is 0 Å². The normalized spacial score (nSPS) is 10.5. The van der Waals surface area contributed by atoms with Gasteiger partial charge in [0.25, 0.3) is 34.1 Å². The van der Waals surface area contributed by atoms with Crippen molar-refractivity contribution in [3.63, 3.8) is 0 Å². The number of hydrogen-bond donors (Lipinski definition) is 0. The van der Waals surface area contributed by atoms with Crippen LogP contribution in [0.5, 0.6) is 0 Å². The maximum Gasteiger partial charge on any atom is 0.294 e. The molecule has 0 spiro atoms. The van der Waals surface area contributed by atoms with E-state index in [1.165, 1.54) is 0 Å². The minimum absolute atomic E-state index is 0.313. The van der Waals surface area contributed by atoms with Gasteiger partial charge in [0.05, 0.1) is 53.8 Å². The lowest BCUT2D eigenvalue weighted by molar-refractivity contribution is -0.402. The second-order valence-corrected chi connectivity index (χ2v) is 6.21. The molecule has 0 fully saturated rings. The Morgan fingerprint density at radius 1 is 0.543 bits per heavy atom. The van der Waals surface area contributed by atoms with Gasteiger partial charge in [-0.05, 0) is 0 Å². The molecule has 0 aliphatic carbocycles. The Morgan fingerprint density at radius 3 is 1.20 bits per heavy atom. The monoisotopic (exact) mass is 492 g/mol. The predicted octanol–water partition coefficient (Wildman–Crippen LogP) is 2.85. The van der Waals surface area contributed by atoms with E-state index in [0.29, 0.717) is 24.3 Å². The molecule has 21 nitrogen and oxygen atoms in total. The number of aromatic nitrogens is 2. The first-order valence-corrected chi connectivity index (χ1v) is 8.40. The number of nitrogens with zero attached hydrogens (tertiary/aromatic N) is 8. The standard InChI is InChI=1S/C14H4N8O13/c23-17(24)5-1-7(19(27)28)11(8(2-5)20(29)30)13-14(35-16-15-13)12-9(21(31)32)3-6(18(25)26)4-10(12)22(33)34/h1-4H. The summed E-state index contributed by atoms with van der Waals surface area (Å²) >= 11 is 0. The molecule has 0 saturated carbocycles. The third kappa shape index (κ3) is 4.09. The van der Waals surface area contributed by atoms with Gasteiger partial charge < -0.3 is 4.52 Å². The highest BCUT2D eigenvalue weighted by Gasteiger charge is 2.40. The van der Waals surface area contributed by atoms with Crippen LogP contribution in [0.3, 0.4) is 0 Å². The number of rotatable bonds is 8. The highest BCUT2D eigenvalue weighted by Crippen LogP contribution is 2.48. The Labute approximate surface area is 187 Å². The SMILES string of the molecule is O=[N+]([O-])c1cc([N+](=O)[O-])c(-c2nnoc2-c2c([N+](=O)[O-])cc([N+](=O)[O-])cc2[N+](=O)[O-])c([N+](=O)[O-])c1. The van der Waals surface area contributed by atoms with E-state index in [1.807, 2.05) is 0 Å². The molecule has 0 N–H and O–H groups in total. The number of non-ortho nitro benzene ring substituents is 2. The van der Waals surface area contributed by atoms with Crippen molar-refractivity contribution in [3.05, 3.63) is 85.0 Å². The quantitative estimate of drug-likeness (QED) is 0.322. The molecule has 3 aromatic rings. The fourth-order valence-electron chi connectivity index (χ4n) is 2.98. The molecule has 0 saturated heterocycles. The van der Waals surface area contributed by atoms with Crippen molar-refractivity contribution in [1.82, 2.24) is 10.4 Å². The van der Waals surface area contributed by atoms with Crippen molar-refractivity contribution in [2.45, 2.75) is 0 Å². The Hall–Kier alpha value is -6.02. The molecule has 3 rings (SSSR count). The van der Waals surface area contributed by atoms with Crippen molar-refractivity contribution >= 4 is 34.1 Å². The summed E-state index contributed by atoms with van der Waals surface area (Å²) in [5.41, 5.74) is -10.5. The smallest absolute Gasteiger partial charge is 0.294 e. The minimum atomic E-state index is -1.29. The number of nitro groups is 6. The molecule has 0 unspecified atom stereocenters. The third-order valence-electron chi connectivity index (χ3n) is 4.32. The molecule has 21 heteroatoms. The molecule has 0 radical (unpaired) electrons. The average Bonchev–Trinajstić information content (AvgIpc) is 3.25. The first kappa shape index (κ1) is 23.6. The van der Waals surface area contributed by atoms with Crippen molar-refractivity contribution in [2.24, 2.45) is 0 Å². The van der Waals surface area contributed by atoms with E-state index in [2.05, 4.69) is 10.4 Å². The average molecular weight is 492 g/mol. The van der Waals surface area contributed by atoms with Crippen molar-refractivity contribution < 1.29 is 34.1 Å². The van der Waals surface area contributed by atoms with Gasteiger partial charge in [0, 0.05) is 5.27 Å². The minimum Gasteiger partial charge on any atom is -0.336 e. The van der Waals surface area contributed by atoms with Crippen LogP contribution in [0.15, 0.2) is 28.8 Å². The maximum atomic E-state index is 11.6. The van der Waals surface area contributed by atoms with Crippen molar-refractivity contribution in [3.8, 4) is 22.6 Å². The summed E-state index contributed by atoms with van der Waals surface area (Å²) in [6.07, 6.45) is 0. The fourth-order valence-corrected chi connectivity index (χ4v) is 2.98. The molecule has 0 aliphatic rings. The van der Waals surface area contributed by atoms with Gasteiger partial charge in [0.2, 0.25) is 5.76 Å². The van der Waals surface area contributed by atoms with Crippen molar-refractivity contribution in [2.75, 3.05) is 0 Å². The highest BCUT2D eigenvalue weighted by atomic mass is 16.6. The van der Waals surface area contributed by atoms with Gasteiger partial charge in [0.1, 0.15) is 0 Å². The molecule has 0 atom stereocenters. The summed E-state index contributed by atoms with van der Waals surface area (Å²) in [5.74, 6) is -1.07. The third-order valence-corrected chi connectivity index (χ3v) is 4.32. The van der Waals surface area contributed by atoms with Gasteiger partial charge >= 0.3 is 0 Å². The van der Waals surface area contributed by atoms with Gasteiger partial charge in [-0.3, -0.25) is 60.7 Å². The molecule has 0 amide bonds. The number of nitro benzene ring substituents is 6. The molecule has 1 heterocycles. The molecular formula is C14H4N8O13. The summed E-state index contributed by atoms with van der Waals surface area (Å²) in [4.78, 5) is 61.0. The zero-order chi connectivity index (χ0) is 26.2. The topological polar surface area (TPSA) is 298 Å². The van der Waals surface area contributed by atoms with Crippen LogP contribution in [0, 0.1) is 60.7 Å². The van der Waals surface area contributed by atoms with E-state index >= 15 is 0 Å². The van der Waals surface area contributed by atoms with E-state index in [1.54, 1.807) is 0 Å². The van der Waals surface area contributed by atoms with Crippen LogP contribution in [0.1, 0.15) is 0 Å². The summed E-state index contributed by atoms with van der Waals surface area (Å²) < 4.78 is 4.72. The van der Waals surface area contributed by atoms with Crippen LogP contribution < -0.4 is 0 Å². The lowest BCUT2D eigenvalue weighted by atomic mass is 9.99. The Balaban J connectivity index is 2.51. The molecule has 2 aromatic carbocycles. The van der Waals surface area contributed by atoms with E-state index < -0.39 is 86.2 Å². The second-order valence-electron chi connectivity index (χ2n) is 6.21. The molecular weight excluding hydrogens is 488 g/mol.